The first-order valence-electron chi connectivity index (χ1n) is 8.77. The molecule has 6 heteroatoms. The number of rotatable bonds is 9. The fourth-order valence-electron chi connectivity index (χ4n) is 2.31. The zero-order valence-corrected chi connectivity index (χ0v) is 17.4. The molecule has 1 aromatic rings. The van der Waals surface area contributed by atoms with Gasteiger partial charge in [0.05, 0.1) is 6.61 Å². The van der Waals surface area contributed by atoms with E-state index in [4.69, 9.17) is 4.74 Å². The van der Waals surface area contributed by atoms with Gasteiger partial charge in [-0.3, -0.25) is 4.99 Å². The quantitative estimate of drug-likeness (QED) is 0.346. The van der Waals surface area contributed by atoms with E-state index in [1.165, 1.54) is 25.7 Å². The van der Waals surface area contributed by atoms with Crippen LogP contribution in [-0.4, -0.2) is 31.1 Å². The number of nitrogens with one attached hydrogen (secondary N) is 2. The highest BCUT2D eigenvalue weighted by molar-refractivity contribution is 14.0. The van der Waals surface area contributed by atoms with Gasteiger partial charge in [-0.25, -0.2) is 4.98 Å². The molecule has 0 bridgehead atoms. The molecule has 2 rings (SSSR count). The van der Waals surface area contributed by atoms with Crippen LogP contribution in [0.5, 0.6) is 5.88 Å². The number of aromatic nitrogens is 1. The van der Waals surface area contributed by atoms with Crippen molar-refractivity contribution in [2.75, 3.05) is 20.2 Å². The third-order valence-electron chi connectivity index (χ3n) is 4.36. The first-order valence-corrected chi connectivity index (χ1v) is 8.77. The van der Waals surface area contributed by atoms with E-state index in [1.807, 2.05) is 12.3 Å². The third-order valence-corrected chi connectivity index (χ3v) is 4.36. The summed E-state index contributed by atoms with van der Waals surface area (Å²) in [6, 6.07) is 4.00. The molecule has 2 N–H and O–H groups in total. The minimum absolute atomic E-state index is 0. The number of aliphatic imine (C=N–C) groups is 1. The molecule has 0 saturated heterocycles. The minimum atomic E-state index is 0. The van der Waals surface area contributed by atoms with Crippen molar-refractivity contribution in [2.24, 2.45) is 16.8 Å². The standard InChI is InChI=1S/C18H30N4O.HI/c1-4-14(5-2)10-21-18(19-3)22-12-16-8-9-17(20-11-16)23-13-15-6-7-15;/h8-9,11,14-15H,4-7,10,12-13H2,1-3H3,(H2,19,21,22);1H. The van der Waals surface area contributed by atoms with E-state index in [0.717, 1.165) is 36.5 Å². The Bertz CT molecular complexity index is 484. The number of pyridine rings is 1. The molecular formula is C18H31IN4O. The molecule has 0 atom stereocenters. The van der Waals surface area contributed by atoms with Crippen LogP contribution in [-0.2, 0) is 6.54 Å². The van der Waals surface area contributed by atoms with Crippen molar-refractivity contribution >= 4 is 29.9 Å². The lowest BCUT2D eigenvalue weighted by atomic mass is 10.0. The average molecular weight is 446 g/mol. The second-order valence-electron chi connectivity index (χ2n) is 6.25. The summed E-state index contributed by atoms with van der Waals surface area (Å²) in [5, 5.41) is 6.71. The normalized spacial score (nSPS) is 14.2. The van der Waals surface area contributed by atoms with Gasteiger partial charge in [0.15, 0.2) is 5.96 Å². The van der Waals surface area contributed by atoms with Crippen LogP contribution < -0.4 is 15.4 Å². The largest absolute Gasteiger partial charge is 0.477 e. The van der Waals surface area contributed by atoms with Gasteiger partial charge in [-0.1, -0.05) is 32.8 Å². The monoisotopic (exact) mass is 446 g/mol. The number of hydrogen-bond acceptors (Lipinski definition) is 3. The van der Waals surface area contributed by atoms with Crippen molar-refractivity contribution in [1.29, 1.82) is 0 Å². The van der Waals surface area contributed by atoms with Crippen LogP contribution >= 0.6 is 24.0 Å². The van der Waals surface area contributed by atoms with Gasteiger partial charge in [0.25, 0.3) is 0 Å². The molecule has 136 valence electrons. The topological polar surface area (TPSA) is 58.5 Å². The Labute approximate surface area is 163 Å². The molecular weight excluding hydrogens is 415 g/mol. The van der Waals surface area contributed by atoms with Crippen molar-refractivity contribution in [1.82, 2.24) is 15.6 Å². The van der Waals surface area contributed by atoms with Gasteiger partial charge in [-0.15, -0.1) is 24.0 Å². The lowest BCUT2D eigenvalue weighted by molar-refractivity contribution is 0.288. The van der Waals surface area contributed by atoms with E-state index in [0.29, 0.717) is 12.5 Å². The molecule has 1 fully saturated rings. The summed E-state index contributed by atoms with van der Waals surface area (Å²) in [6.07, 6.45) is 6.83. The third kappa shape index (κ3) is 7.68. The predicted octanol–water partition coefficient (Wildman–Crippen LogP) is 3.59. The zero-order chi connectivity index (χ0) is 16.5. The number of hydrogen-bond donors (Lipinski definition) is 2. The van der Waals surface area contributed by atoms with Crippen LogP contribution in [0.4, 0.5) is 0 Å². The molecule has 1 saturated carbocycles. The van der Waals surface area contributed by atoms with E-state index in [-0.39, 0.29) is 24.0 Å². The van der Waals surface area contributed by atoms with Crippen LogP contribution in [0.15, 0.2) is 23.3 Å². The highest BCUT2D eigenvalue weighted by atomic mass is 127. The lowest BCUT2D eigenvalue weighted by Gasteiger charge is -2.16. The predicted molar refractivity (Wildman–Crippen MR) is 110 cm³/mol. The van der Waals surface area contributed by atoms with E-state index in [2.05, 4.69) is 40.5 Å². The maximum absolute atomic E-state index is 5.65. The molecule has 1 heterocycles. The molecule has 1 aromatic heterocycles. The van der Waals surface area contributed by atoms with Crippen molar-refractivity contribution in [3.63, 3.8) is 0 Å². The van der Waals surface area contributed by atoms with Crippen LogP contribution in [0.3, 0.4) is 0 Å². The molecule has 5 nitrogen and oxygen atoms in total. The Morgan fingerprint density at radius 1 is 1.29 bits per heavy atom. The van der Waals surface area contributed by atoms with Crippen LogP contribution in [0.1, 0.15) is 45.1 Å². The summed E-state index contributed by atoms with van der Waals surface area (Å²) in [5.41, 5.74) is 1.12. The molecule has 1 aliphatic carbocycles. The fraction of sp³-hybridized carbons (Fsp3) is 0.667. The molecule has 0 amide bonds. The second kappa shape index (κ2) is 11.5. The molecule has 0 aliphatic heterocycles. The summed E-state index contributed by atoms with van der Waals surface area (Å²) in [4.78, 5) is 8.63. The Morgan fingerprint density at radius 3 is 2.58 bits per heavy atom. The molecule has 24 heavy (non-hydrogen) atoms. The molecule has 0 radical (unpaired) electrons. The van der Waals surface area contributed by atoms with Crippen molar-refractivity contribution in [3.05, 3.63) is 23.9 Å². The van der Waals surface area contributed by atoms with Gasteiger partial charge >= 0.3 is 0 Å². The van der Waals surface area contributed by atoms with Crippen LogP contribution in [0.2, 0.25) is 0 Å². The summed E-state index contributed by atoms with van der Waals surface area (Å²) in [5.74, 6) is 3.00. The highest BCUT2D eigenvalue weighted by Gasteiger charge is 2.22. The second-order valence-corrected chi connectivity index (χ2v) is 6.25. The fourth-order valence-corrected chi connectivity index (χ4v) is 2.31. The van der Waals surface area contributed by atoms with E-state index in [1.54, 1.807) is 7.05 Å². The number of nitrogens with zero attached hydrogens (tertiary/aromatic N) is 2. The summed E-state index contributed by atoms with van der Waals surface area (Å²) >= 11 is 0. The van der Waals surface area contributed by atoms with E-state index in [9.17, 15) is 0 Å². The molecule has 1 aliphatic rings. The SMILES string of the molecule is CCC(CC)CNC(=NC)NCc1ccc(OCC2CC2)nc1.I. The highest BCUT2D eigenvalue weighted by Crippen LogP contribution is 2.29. The first kappa shape index (κ1) is 21.0. The van der Waals surface area contributed by atoms with Crippen LogP contribution in [0, 0.1) is 11.8 Å². The van der Waals surface area contributed by atoms with Gasteiger partial charge in [0, 0.05) is 32.4 Å². The number of halogens is 1. The maximum Gasteiger partial charge on any atom is 0.213 e. The molecule has 0 aromatic carbocycles. The first-order chi connectivity index (χ1) is 11.2. The average Bonchev–Trinajstić information content (AvgIpc) is 3.42. The molecule has 0 spiro atoms. The minimum Gasteiger partial charge on any atom is -0.477 e. The molecule has 0 unspecified atom stereocenters. The Balaban J connectivity index is 0.00000288. The van der Waals surface area contributed by atoms with Gasteiger partial charge < -0.3 is 15.4 Å². The zero-order valence-electron chi connectivity index (χ0n) is 15.0. The van der Waals surface area contributed by atoms with E-state index < -0.39 is 0 Å². The Kier molecular flexibility index (Phi) is 10.1. The van der Waals surface area contributed by atoms with Gasteiger partial charge in [0.2, 0.25) is 5.88 Å². The summed E-state index contributed by atoms with van der Waals surface area (Å²) in [7, 11) is 1.80. The lowest BCUT2D eigenvalue weighted by Crippen LogP contribution is -2.39. The van der Waals surface area contributed by atoms with Crippen molar-refractivity contribution < 1.29 is 4.74 Å². The van der Waals surface area contributed by atoms with Gasteiger partial charge in [-0.2, -0.15) is 0 Å². The Morgan fingerprint density at radius 2 is 2.04 bits per heavy atom. The van der Waals surface area contributed by atoms with Crippen molar-refractivity contribution in [2.45, 2.75) is 46.1 Å². The summed E-state index contributed by atoms with van der Waals surface area (Å²) < 4.78 is 5.65. The van der Waals surface area contributed by atoms with Gasteiger partial charge in [-0.05, 0) is 30.2 Å². The number of ether oxygens (including phenoxy) is 1. The number of guanidine groups is 1. The summed E-state index contributed by atoms with van der Waals surface area (Å²) in [6.45, 7) is 6.92. The smallest absolute Gasteiger partial charge is 0.213 e. The van der Waals surface area contributed by atoms with E-state index >= 15 is 0 Å². The van der Waals surface area contributed by atoms with Crippen LogP contribution in [0.25, 0.3) is 0 Å². The maximum atomic E-state index is 5.65. The van der Waals surface area contributed by atoms with Crippen molar-refractivity contribution in [3.8, 4) is 5.88 Å². The Hall–Kier alpha value is -1.05. The van der Waals surface area contributed by atoms with Gasteiger partial charge in [0.1, 0.15) is 0 Å².